The predicted molar refractivity (Wildman–Crippen MR) is 88.4 cm³/mol. The van der Waals surface area contributed by atoms with E-state index in [1.807, 2.05) is 0 Å². The van der Waals surface area contributed by atoms with Gasteiger partial charge in [-0.05, 0) is 37.3 Å². The van der Waals surface area contributed by atoms with Gasteiger partial charge in [0.05, 0.1) is 40.0 Å². The monoisotopic (exact) mass is 346 g/mol. The molecule has 2 heterocycles. The first-order chi connectivity index (χ1) is 11.4. The number of esters is 1. The molecule has 0 aliphatic heterocycles. The van der Waals surface area contributed by atoms with E-state index in [2.05, 4.69) is 4.98 Å². The number of pyridine rings is 2. The second kappa shape index (κ2) is 6.05. The number of nitrogens with zero attached hydrogens (tertiary/aromatic N) is 2. The van der Waals surface area contributed by atoms with E-state index in [4.69, 9.17) is 16.3 Å². The maximum absolute atomic E-state index is 13.3. The number of ether oxygens (including phenoxy) is 1. The number of benzene rings is 1. The molecule has 0 aliphatic carbocycles. The molecule has 0 fully saturated rings. The molecule has 122 valence electrons. The summed E-state index contributed by atoms with van der Waals surface area (Å²) in [5, 5.41) is 0.167. The van der Waals surface area contributed by atoms with Gasteiger partial charge >= 0.3 is 5.97 Å². The van der Waals surface area contributed by atoms with E-state index in [9.17, 15) is 14.0 Å². The van der Waals surface area contributed by atoms with Crippen LogP contribution < -0.4 is 5.56 Å². The van der Waals surface area contributed by atoms with Crippen molar-refractivity contribution in [3.05, 3.63) is 69.0 Å². The number of aromatic nitrogens is 2. The molecule has 0 saturated heterocycles. The van der Waals surface area contributed by atoms with E-state index in [1.54, 1.807) is 13.0 Å². The van der Waals surface area contributed by atoms with Gasteiger partial charge < -0.3 is 4.74 Å². The minimum atomic E-state index is -0.570. The van der Waals surface area contributed by atoms with Crippen LogP contribution in [0.5, 0.6) is 0 Å². The quantitative estimate of drug-likeness (QED) is 0.668. The first-order valence-corrected chi connectivity index (χ1v) is 7.37. The lowest BCUT2D eigenvalue weighted by atomic mass is 10.1. The van der Waals surface area contributed by atoms with Gasteiger partial charge in [0, 0.05) is 6.20 Å². The minimum Gasteiger partial charge on any atom is -0.465 e. The Morgan fingerprint density at radius 3 is 2.71 bits per heavy atom. The van der Waals surface area contributed by atoms with E-state index < -0.39 is 17.3 Å². The topological polar surface area (TPSA) is 61.2 Å². The molecular weight excluding hydrogens is 335 g/mol. The van der Waals surface area contributed by atoms with E-state index in [0.29, 0.717) is 16.9 Å². The van der Waals surface area contributed by atoms with Crippen molar-refractivity contribution in [2.75, 3.05) is 7.11 Å². The molecule has 0 bridgehead atoms. The van der Waals surface area contributed by atoms with Gasteiger partial charge in [0.15, 0.2) is 0 Å². The molecule has 0 unspecified atom stereocenters. The molecule has 3 aromatic rings. The van der Waals surface area contributed by atoms with Crippen LogP contribution in [0.4, 0.5) is 4.39 Å². The highest BCUT2D eigenvalue weighted by molar-refractivity contribution is 6.30. The van der Waals surface area contributed by atoms with Crippen molar-refractivity contribution in [1.29, 1.82) is 0 Å². The second-order valence-electron chi connectivity index (χ2n) is 5.14. The Morgan fingerprint density at radius 2 is 2.04 bits per heavy atom. The largest absolute Gasteiger partial charge is 0.465 e. The van der Waals surface area contributed by atoms with Gasteiger partial charge in [-0.1, -0.05) is 11.6 Å². The molecular formula is C17H12ClFN2O3. The van der Waals surface area contributed by atoms with Crippen LogP contribution in [0, 0.1) is 12.7 Å². The fourth-order valence-electron chi connectivity index (χ4n) is 2.42. The van der Waals surface area contributed by atoms with E-state index >= 15 is 0 Å². The average Bonchev–Trinajstić information content (AvgIpc) is 2.57. The van der Waals surface area contributed by atoms with Crippen LogP contribution >= 0.6 is 11.6 Å². The molecule has 0 atom stereocenters. The van der Waals surface area contributed by atoms with Crippen molar-refractivity contribution >= 4 is 28.5 Å². The first kappa shape index (κ1) is 16.1. The van der Waals surface area contributed by atoms with Crippen molar-refractivity contribution in [1.82, 2.24) is 9.55 Å². The van der Waals surface area contributed by atoms with Crippen LogP contribution in [0.3, 0.4) is 0 Å². The summed E-state index contributed by atoms with van der Waals surface area (Å²) in [6.07, 6.45) is 1.53. The van der Waals surface area contributed by atoms with E-state index in [1.165, 1.54) is 42.1 Å². The third kappa shape index (κ3) is 2.65. The first-order valence-electron chi connectivity index (χ1n) is 6.99. The number of hydrogen-bond donors (Lipinski definition) is 0. The molecule has 0 amide bonds. The van der Waals surface area contributed by atoms with Crippen molar-refractivity contribution in [3.63, 3.8) is 0 Å². The third-order valence-corrected chi connectivity index (χ3v) is 3.95. The molecule has 0 radical (unpaired) electrons. The SMILES string of the molecule is COC(=O)c1cc2c(=O)n(-c3ccc(F)c(Cl)c3)ccc2nc1C. The van der Waals surface area contributed by atoms with Crippen LogP contribution in [-0.2, 0) is 4.74 Å². The summed E-state index contributed by atoms with van der Waals surface area (Å²) in [4.78, 5) is 28.8. The number of rotatable bonds is 2. The van der Waals surface area contributed by atoms with Gasteiger partial charge in [-0.25, -0.2) is 9.18 Å². The zero-order chi connectivity index (χ0) is 17.4. The van der Waals surface area contributed by atoms with Gasteiger partial charge in [-0.15, -0.1) is 0 Å². The summed E-state index contributed by atoms with van der Waals surface area (Å²) in [5.74, 6) is -1.14. The molecule has 0 saturated carbocycles. The maximum Gasteiger partial charge on any atom is 0.339 e. The van der Waals surface area contributed by atoms with Crippen LogP contribution in [0.1, 0.15) is 16.1 Å². The highest BCUT2D eigenvalue weighted by atomic mass is 35.5. The Hall–Kier alpha value is -2.73. The summed E-state index contributed by atoms with van der Waals surface area (Å²) >= 11 is 5.78. The normalized spacial score (nSPS) is 10.8. The van der Waals surface area contributed by atoms with Gasteiger partial charge in [-0.3, -0.25) is 14.3 Å². The number of halogens is 2. The molecule has 2 aromatic heterocycles. The van der Waals surface area contributed by atoms with Crippen LogP contribution in [0.2, 0.25) is 5.02 Å². The van der Waals surface area contributed by atoms with Crippen LogP contribution in [0.15, 0.2) is 41.3 Å². The molecule has 7 heteroatoms. The van der Waals surface area contributed by atoms with Crippen LogP contribution in [0.25, 0.3) is 16.6 Å². The molecule has 3 rings (SSSR count). The van der Waals surface area contributed by atoms with Crippen molar-refractivity contribution < 1.29 is 13.9 Å². The summed E-state index contributed by atoms with van der Waals surface area (Å²) in [6, 6.07) is 7.07. The Kier molecular flexibility index (Phi) is 4.07. The number of carbonyl (C=O) groups excluding carboxylic acids is 1. The Bertz CT molecular complexity index is 1030. The molecule has 24 heavy (non-hydrogen) atoms. The number of aryl methyl sites for hydroxylation is 1. The highest BCUT2D eigenvalue weighted by Gasteiger charge is 2.15. The van der Waals surface area contributed by atoms with Crippen molar-refractivity contribution in [2.24, 2.45) is 0 Å². The predicted octanol–water partition coefficient (Wildman–Crippen LogP) is 3.27. The Balaban J connectivity index is 2.26. The van der Waals surface area contributed by atoms with Gasteiger partial charge in [0.25, 0.3) is 5.56 Å². The molecule has 5 nitrogen and oxygen atoms in total. The highest BCUT2D eigenvalue weighted by Crippen LogP contribution is 2.20. The molecule has 1 aromatic carbocycles. The zero-order valence-electron chi connectivity index (χ0n) is 12.8. The third-order valence-electron chi connectivity index (χ3n) is 3.66. The number of methoxy groups -OCH3 is 1. The minimum absolute atomic E-state index is 0.0863. The summed E-state index contributed by atoms with van der Waals surface area (Å²) < 4.78 is 19.3. The zero-order valence-corrected chi connectivity index (χ0v) is 13.6. The lowest BCUT2D eigenvalue weighted by Gasteiger charge is -2.10. The number of hydrogen-bond acceptors (Lipinski definition) is 4. The molecule has 0 aliphatic rings. The van der Waals surface area contributed by atoms with E-state index in [0.717, 1.165) is 0 Å². The molecule has 0 N–H and O–H groups in total. The average molecular weight is 347 g/mol. The van der Waals surface area contributed by atoms with Gasteiger partial charge in [-0.2, -0.15) is 0 Å². The Morgan fingerprint density at radius 1 is 1.29 bits per heavy atom. The maximum atomic E-state index is 13.3. The molecule has 0 spiro atoms. The smallest absolute Gasteiger partial charge is 0.339 e. The van der Waals surface area contributed by atoms with Crippen LogP contribution in [-0.4, -0.2) is 22.6 Å². The summed E-state index contributed by atoms with van der Waals surface area (Å²) in [7, 11) is 1.26. The van der Waals surface area contributed by atoms with Gasteiger partial charge in [0.1, 0.15) is 5.82 Å². The number of carbonyl (C=O) groups is 1. The van der Waals surface area contributed by atoms with Crippen molar-refractivity contribution in [2.45, 2.75) is 6.92 Å². The van der Waals surface area contributed by atoms with E-state index in [-0.39, 0.29) is 16.0 Å². The second-order valence-corrected chi connectivity index (χ2v) is 5.54. The standard InChI is InChI=1S/C17H12ClFN2O3/c1-9-11(17(23)24-2)8-12-15(20-9)5-6-21(16(12)22)10-3-4-14(19)13(18)7-10/h3-8H,1-2H3. The van der Waals surface area contributed by atoms with Crippen molar-refractivity contribution in [3.8, 4) is 5.69 Å². The lowest BCUT2D eigenvalue weighted by Crippen LogP contribution is -2.19. The fourth-order valence-corrected chi connectivity index (χ4v) is 2.59. The Labute approximate surface area is 141 Å². The lowest BCUT2D eigenvalue weighted by molar-refractivity contribution is 0.0599. The summed E-state index contributed by atoms with van der Waals surface area (Å²) in [6.45, 7) is 1.66. The summed E-state index contributed by atoms with van der Waals surface area (Å²) in [5.41, 5.74) is 1.16. The fraction of sp³-hybridized carbons (Fsp3) is 0.118. The van der Waals surface area contributed by atoms with Gasteiger partial charge in [0.2, 0.25) is 0 Å². The number of fused-ring (bicyclic) bond motifs is 1.